The number of nitrogens with zero attached hydrogens (tertiary/aromatic N) is 2. The molecule has 2 heterocycles. The van der Waals surface area contributed by atoms with E-state index in [9.17, 15) is 4.79 Å². The summed E-state index contributed by atoms with van der Waals surface area (Å²) in [6, 6.07) is 11.7. The monoisotopic (exact) mass is 367 g/mol. The van der Waals surface area contributed by atoms with Crippen molar-refractivity contribution in [1.82, 2.24) is 9.88 Å². The zero-order valence-corrected chi connectivity index (χ0v) is 16.4. The molecule has 27 heavy (non-hydrogen) atoms. The Balaban J connectivity index is 1.70. The fourth-order valence-electron chi connectivity index (χ4n) is 3.53. The maximum Gasteiger partial charge on any atom is 0.254 e. The molecule has 1 unspecified atom stereocenters. The number of aromatic nitrogens is 1. The third-order valence-corrected chi connectivity index (χ3v) is 4.86. The van der Waals surface area contributed by atoms with Gasteiger partial charge in [0.15, 0.2) is 0 Å². The number of ether oxygens (including phenoxy) is 1. The Bertz CT molecular complexity index is 758. The molecular weight excluding hydrogens is 338 g/mol. The van der Waals surface area contributed by atoms with E-state index in [4.69, 9.17) is 4.74 Å². The lowest BCUT2D eigenvalue weighted by Gasteiger charge is -2.35. The molecule has 0 radical (unpaired) electrons. The van der Waals surface area contributed by atoms with Crippen molar-refractivity contribution in [2.24, 2.45) is 0 Å². The Labute approximate surface area is 161 Å². The van der Waals surface area contributed by atoms with Gasteiger partial charge in [-0.15, -0.1) is 0 Å². The predicted molar refractivity (Wildman–Crippen MR) is 109 cm³/mol. The van der Waals surface area contributed by atoms with E-state index in [1.807, 2.05) is 49.1 Å². The minimum atomic E-state index is 0.104. The smallest absolute Gasteiger partial charge is 0.254 e. The van der Waals surface area contributed by atoms with Crippen LogP contribution in [0.1, 0.15) is 56.8 Å². The molecule has 1 aliphatic heterocycles. The first kappa shape index (κ1) is 19.2. The number of piperidine rings is 1. The number of amides is 1. The summed E-state index contributed by atoms with van der Waals surface area (Å²) in [7, 11) is 0. The van der Waals surface area contributed by atoms with Gasteiger partial charge in [-0.3, -0.25) is 4.79 Å². The Morgan fingerprint density at radius 1 is 1.26 bits per heavy atom. The minimum Gasteiger partial charge on any atom is -0.491 e. The molecule has 5 heteroatoms. The number of anilines is 2. The van der Waals surface area contributed by atoms with Crippen molar-refractivity contribution in [3.63, 3.8) is 0 Å². The van der Waals surface area contributed by atoms with Crippen LogP contribution >= 0.6 is 0 Å². The van der Waals surface area contributed by atoms with Crippen molar-refractivity contribution in [1.29, 1.82) is 0 Å². The summed E-state index contributed by atoms with van der Waals surface area (Å²) in [4.78, 5) is 19.4. The molecule has 5 nitrogen and oxygen atoms in total. The van der Waals surface area contributed by atoms with E-state index in [0.29, 0.717) is 17.4 Å². The van der Waals surface area contributed by atoms with E-state index in [1.165, 1.54) is 6.42 Å². The molecule has 3 rings (SSSR count). The zero-order valence-electron chi connectivity index (χ0n) is 16.4. The highest BCUT2D eigenvalue weighted by Crippen LogP contribution is 2.24. The first-order valence-corrected chi connectivity index (χ1v) is 9.87. The lowest BCUT2D eigenvalue weighted by molar-refractivity contribution is 0.0608. The molecule has 0 saturated carbocycles. The summed E-state index contributed by atoms with van der Waals surface area (Å²) in [5.41, 5.74) is 1.60. The fraction of sp³-hybridized carbons (Fsp3) is 0.455. The lowest BCUT2D eigenvalue weighted by atomic mass is 9.99. The van der Waals surface area contributed by atoms with Gasteiger partial charge in [-0.1, -0.05) is 6.92 Å². The van der Waals surface area contributed by atoms with Crippen LogP contribution in [0.25, 0.3) is 0 Å². The summed E-state index contributed by atoms with van der Waals surface area (Å²) >= 11 is 0. The number of pyridine rings is 1. The van der Waals surface area contributed by atoms with Crippen LogP contribution in [0.3, 0.4) is 0 Å². The zero-order chi connectivity index (χ0) is 19.2. The molecule has 1 aromatic carbocycles. The minimum absolute atomic E-state index is 0.104. The van der Waals surface area contributed by atoms with Gasteiger partial charge in [-0.25, -0.2) is 4.98 Å². The topological polar surface area (TPSA) is 54.5 Å². The predicted octanol–water partition coefficient (Wildman–Crippen LogP) is 5.02. The van der Waals surface area contributed by atoms with Crippen LogP contribution < -0.4 is 10.1 Å². The highest BCUT2D eigenvalue weighted by Gasteiger charge is 2.26. The van der Waals surface area contributed by atoms with Crippen LogP contribution in [0.4, 0.5) is 11.5 Å². The lowest BCUT2D eigenvalue weighted by Crippen LogP contribution is -2.43. The second kappa shape index (κ2) is 8.89. The first-order chi connectivity index (χ1) is 13.1. The second-order valence-electron chi connectivity index (χ2n) is 7.30. The molecule has 1 saturated heterocycles. The van der Waals surface area contributed by atoms with Gasteiger partial charge in [-0.05, 0) is 75.9 Å². The SMILES string of the molecule is CCC1CCCCN1C(=O)c1ccnc(Nc2ccc(OC(C)C)cc2)c1. The number of carbonyl (C=O) groups is 1. The van der Waals surface area contributed by atoms with Crippen molar-refractivity contribution in [3.05, 3.63) is 48.2 Å². The van der Waals surface area contributed by atoms with Gasteiger partial charge >= 0.3 is 0 Å². The number of nitrogens with one attached hydrogen (secondary N) is 1. The number of benzene rings is 1. The van der Waals surface area contributed by atoms with Gasteiger partial charge in [-0.2, -0.15) is 0 Å². The maximum absolute atomic E-state index is 13.0. The fourth-order valence-corrected chi connectivity index (χ4v) is 3.53. The van der Waals surface area contributed by atoms with E-state index in [-0.39, 0.29) is 12.0 Å². The molecule has 1 atom stereocenters. The molecule has 1 aromatic heterocycles. The summed E-state index contributed by atoms with van der Waals surface area (Å²) < 4.78 is 5.66. The Morgan fingerprint density at radius 3 is 2.74 bits per heavy atom. The largest absolute Gasteiger partial charge is 0.491 e. The third kappa shape index (κ3) is 5.00. The molecule has 1 amide bonds. The van der Waals surface area contributed by atoms with Crippen molar-refractivity contribution in [3.8, 4) is 5.75 Å². The summed E-state index contributed by atoms with van der Waals surface area (Å²) in [6.45, 7) is 7.01. The number of carbonyl (C=O) groups excluding carboxylic acids is 1. The maximum atomic E-state index is 13.0. The molecule has 1 N–H and O–H groups in total. The van der Waals surface area contributed by atoms with Crippen LogP contribution in [-0.2, 0) is 0 Å². The van der Waals surface area contributed by atoms with E-state index in [0.717, 1.165) is 37.2 Å². The van der Waals surface area contributed by atoms with Crippen LogP contribution in [0.5, 0.6) is 5.75 Å². The molecule has 144 valence electrons. The van der Waals surface area contributed by atoms with Crippen LogP contribution in [0.2, 0.25) is 0 Å². The highest BCUT2D eigenvalue weighted by atomic mass is 16.5. The molecule has 1 aliphatic rings. The Morgan fingerprint density at radius 2 is 2.04 bits per heavy atom. The van der Waals surface area contributed by atoms with Gasteiger partial charge < -0.3 is 15.0 Å². The van der Waals surface area contributed by atoms with Crippen molar-refractivity contribution in [2.75, 3.05) is 11.9 Å². The summed E-state index contributed by atoms with van der Waals surface area (Å²) in [5, 5.41) is 3.27. The Hall–Kier alpha value is -2.56. The van der Waals surface area contributed by atoms with Crippen molar-refractivity contribution < 1.29 is 9.53 Å². The first-order valence-electron chi connectivity index (χ1n) is 9.87. The number of rotatable bonds is 6. The summed E-state index contributed by atoms with van der Waals surface area (Å²) in [6.07, 6.45) is 6.24. The molecule has 0 spiro atoms. The van der Waals surface area contributed by atoms with Gasteiger partial charge in [0, 0.05) is 30.0 Å². The van der Waals surface area contributed by atoms with Gasteiger partial charge in [0.2, 0.25) is 0 Å². The summed E-state index contributed by atoms with van der Waals surface area (Å²) in [5.74, 6) is 1.61. The van der Waals surface area contributed by atoms with E-state index in [2.05, 4.69) is 17.2 Å². The number of hydrogen-bond acceptors (Lipinski definition) is 4. The average molecular weight is 367 g/mol. The van der Waals surface area contributed by atoms with Gasteiger partial charge in [0.05, 0.1) is 6.10 Å². The van der Waals surface area contributed by atoms with Crippen LogP contribution in [0, 0.1) is 0 Å². The molecule has 2 aromatic rings. The number of likely N-dealkylation sites (tertiary alicyclic amines) is 1. The average Bonchev–Trinajstić information content (AvgIpc) is 2.69. The number of hydrogen-bond donors (Lipinski definition) is 1. The molecule has 0 aliphatic carbocycles. The quantitative estimate of drug-likeness (QED) is 0.779. The normalized spacial score (nSPS) is 17.0. The van der Waals surface area contributed by atoms with Gasteiger partial charge in [0.1, 0.15) is 11.6 Å². The van der Waals surface area contributed by atoms with Gasteiger partial charge in [0.25, 0.3) is 5.91 Å². The van der Waals surface area contributed by atoms with Crippen molar-refractivity contribution in [2.45, 2.75) is 58.6 Å². The standard InChI is InChI=1S/C22H29N3O2/c1-4-19-7-5-6-14-25(19)22(26)17-12-13-23-21(15-17)24-18-8-10-20(11-9-18)27-16(2)3/h8-13,15-16,19H,4-7,14H2,1-3H3,(H,23,24). The van der Waals surface area contributed by atoms with E-state index in [1.54, 1.807) is 12.3 Å². The Kier molecular flexibility index (Phi) is 6.32. The molecular formula is C22H29N3O2. The van der Waals surface area contributed by atoms with Crippen LogP contribution in [-0.4, -0.2) is 34.5 Å². The molecule has 1 fully saturated rings. The van der Waals surface area contributed by atoms with Crippen molar-refractivity contribution >= 4 is 17.4 Å². The molecule has 0 bridgehead atoms. The third-order valence-electron chi connectivity index (χ3n) is 4.86. The highest BCUT2D eigenvalue weighted by molar-refractivity contribution is 5.95. The van der Waals surface area contributed by atoms with E-state index >= 15 is 0 Å². The van der Waals surface area contributed by atoms with Crippen LogP contribution in [0.15, 0.2) is 42.6 Å². The second-order valence-corrected chi connectivity index (χ2v) is 7.30. The van der Waals surface area contributed by atoms with E-state index < -0.39 is 0 Å².